The number of likely N-dealkylation sites (tertiary alicyclic amines) is 1. The van der Waals surface area contributed by atoms with Crippen LogP contribution in [0.4, 0.5) is 0 Å². The lowest BCUT2D eigenvalue weighted by Crippen LogP contribution is -2.61. The third-order valence-electron chi connectivity index (χ3n) is 13.5. The van der Waals surface area contributed by atoms with E-state index in [-0.39, 0.29) is 69.1 Å². The molecule has 7 atom stereocenters. The minimum Gasteiger partial charge on any atom is -0.508 e. The second kappa shape index (κ2) is 30.5. The van der Waals surface area contributed by atoms with Gasteiger partial charge in [-0.1, -0.05) is 83.3 Å². The first kappa shape index (κ1) is 62.2. The molecule has 79 heavy (non-hydrogen) atoms. The zero-order valence-electron chi connectivity index (χ0n) is 43.7. The number of phenols is 1. The first-order valence-electron chi connectivity index (χ1n) is 26.0. The Hall–Kier alpha value is -7.62. The second-order valence-electron chi connectivity index (χ2n) is 19.8. The Morgan fingerprint density at radius 2 is 1.33 bits per heavy atom. The number of carbonyl (C=O) groups excluding carboxylic acids is 11. The van der Waals surface area contributed by atoms with Gasteiger partial charge in [0.25, 0.3) is 0 Å². The molecule has 2 aliphatic heterocycles. The van der Waals surface area contributed by atoms with E-state index in [0.717, 1.165) is 19.3 Å². The van der Waals surface area contributed by atoms with E-state index in [1.54, 1.807) is 42.5 Å². The lowest BCUT2D eigenvalue weighted by atomic mass is 9.85. The van der Waals surface area contributed by atoms with Crippen LogP contribution in [0.3, 0.4) is 0 Å². The molecule has 2 saturated heterocycles. The molecule has 3 fully saturated rings. The summed E-state index contributed by atoms with van der Waals surface area (Å²) in [5, 5.41) is 28.4. The number of nitrogens with one attached hydrogen (secondary N) is 7. The van der Waals surface area contributed by atoms with Gasteiger partial charge in [0.1, 0.15) is 48.0 Å². The van der Waals surface area contributed by atoms with Crippen molar-refractivity contribution in [1.82, 2.24) is 42.1 Å². The first-order valence-corrected chi connectivity index (χ1v) is 28.4. The van der Waals surface area contributed by atoms with Crippen molar-refractivity contribution in [3.8, 4) is 5.75 Å². The van der Waals surface area contributed by atoms with Crippen LogP contribution in [-0.2, 0) is 65.6 Å². The van der Waals surface area contributed by atoms with Gasteiger partial charge >= 0.3 is 0 Å². The molecule has 2 aromatic carbocycles. The maximum atomic E-state index is 14.9. The molecule has 1 spiro atoms. The van der Waals surface area contributed by atoms with Gasteiger partial charge in [0.05, 0.1) is 13.0 Å². The summed E-state index contributed by atoms with van der Waals surface area (Å²) in [6, 6.07) is 4.67. The monoisotopic (exact) mass is 1140 g/mol. The quantitative estimate of drug-likeness (QED) is 0.0296. The largest absolute Gasteiger partial charge is 0.508 e. The number of aliphatic imine (C=N–C) groups is 1. The van der Waals surface area contributed by atoms with Crippen LogP contribution in [0.2, 0.25) is 0 Å². The van der Waals surface area contributed by atoms with Crippen molar-refractivity contribution in [2.75, 3.05) is 25.4 Å². The smallest absolute Gasteiger partial charge is 0.246 e. The second-order valence-corrected chi connectivity index (χ2v) is 22.6. The van der Waals surface area contributed by atoms with Gasteiger partial charge in [-0.3, -0.25) is 57.7 Å². The van der Waals surface area contributed by atoms with Crippen LogP contribution < -0.4 is 65.9 Å². The zero-order valence-corrected chi connectivity index (χ0v) is 45.3. The predicted molar refractivity (Wildman–Crippen MR) is 293 cm³/mol. The Morgan fingerprint density at radius 3 is 1.96 bits per heavy atom. The van der Waals surface area contributed by atoms with Gasteiger partial charge in [0.2, 0.25) is 65.0 Å². The van der Waals surface area contributed by atoms with E-state index in [2.05, 4.69) is 42.2 Å². The molecule has 26 nitrogen and oxygen atoms in total. The van der Waals surface area contributed by atoms with Gasteiger partial charge in [-0.15, -0.1) is 0 Å². The average molecular weight is 1140 g/mol. The third kappa shape index (κ3) is 20.3. The summed E-state index contributed by atoms with van der Waals surface area (Å²) in [7, 11) is 2.48. The number of hydrogen-bond acceptors (Lipinski definition) is 15. The maximum absolute atomic E-state index is 14.9. The summed E-state index contributed by atoms with van der Waals surface area (Å²) < 4.78 is -0.759. The van der Waals surface area contributed by atoms with Crippen LogP contribution >= 0.6 is 21.6 Å². The fourth-order valence-electron chi connectivity index (χ4n) is 9.46. The van der Waals surface area contributed by atoms with Crippen LogP contribution in [0.15, 0.2) is 59.6 Å². The lowest BCUT2D eigenvalue weighted by Gasteiger charge is -2.37. The molecule has 430 valence electrons. The summed E-state index contributed by atoms with van der Waals surface area (Å²) in [5.74, 6) is -9.66. The first-order chi connectivity index (χ1) is 37.6. The summed E-state index contributed by atoms with van der Waals surface area (Å²) in [6.45, 7) is -0.395. The molecule has 1 saturated carbocycles. The number of benzene rings is 2. The summed E-state index contributed by atoms with van der Waals surface area (Å²) in [4.78, 5) is 156. The fraction of sp³-hybridized carbons (Fsp3) is 0.529. The van der Waals surface area contributed by atoms with Crippen LogP contribution in [0, 0.1) is 0 Å². The highest BCUT2D eigenvalue weighted by Crippen LogP contribution is 2.48. The number of aromatic hydroxyl groups is 1. The van der Waals surface area contributed by atoms with E-state index < -0.39 is 138 Å². The van der Waals surface area contributed by atoms with Gasteiger partial charge in [-0.2, -0.15) is 0 Å². The Balaban J connectivity index is 1.53. The number of amides is 11. The van der Waals surface area contributed by atoms with Crippen LogP contribution in [-0.4, -0.2) is 153 Å². The number of primary amides is 3. The molecule has 0 bridgehead atoms. The predicted octanol–water partition coefficient (Wildman–Crippen LogP) is -2.64. The third-order valence-corrected chi connectivity index (χ3v) is 16.8. The number of guanidine groups is 1. The molecule has 1 aliphatic carbocycles. The number of nitrogens with two attached hydrogens (primary N) is 5. The van der Waals surface area contributed by atoms with Crippen LogP contribution in [0.1, 0.15) is 94.6 Å². The summed E-state index contributed by atoms with van der Waals surface area (Å²) in [5.41, 5.74) is 28.4. The molecule has 2 heterocycles. The normalized spacial score (nSPS) is 22.8. The van der Waals surface area contributed by atoms with E-state index in [1.165, 1.54) is 38.6 Å². The minimum atomic E-state index is -1.78. The van der Waals surface area contributed by atoms with Crippen molar-refractivity contribution >= 4 is 92.5 Å². The molecule has 11 amide bonds. The average Bonchev–Trinajstić information content (AvgIpc) is 3.98. The van der Waals surface area contributed by atoms with Crippen LogP contribution in [0.25, 0.3) is 0 Å². The van der Waals surface area contributed by atoms with E-state index in [1.807, 2.05) is 0 Å². The van der Waals surface area contributed by atoms with Gasteiger partial charge < -0.3 is 75.9 Å². The molecule has 2 aromatic rings. The maximum Gasteiger partial charge on any atom is 0.246 e. The van der Waals surface area contributed by atoms with E-state index in [9.17, 15) is 57.8 Å². The van der Waals surface area contributed by atoms with Gasteiger partial charge in [0.15, 0.2) is 5.96 Å². The SMILES string of the molecule is NC(=O)CC[C@@H]1NC(=O)[C@@H](Cc2ccccc2)NC(=O)[C@H](Cc2ccc(O)cc2)NC(=O)CC2(CCCCC2)SSC[C@H](C(=O)N2CCC[C@H]2C(=O)N[C@@H](CCCN=C(N)N)C(=O)NCC(N)=O)NC(=O)[C@@H](CC(N)=O)NC1=O. The van der Waals surface area contributed by atoms with Crippen LogP contribution in [0.5, 0.6) is 5.75 Å². The van der Waals surface area contributed by atoms with Crippen molar-refractivity contribution in [2.45, 2.75) is 143 Å². The molecule has 18 N–H and O–H groups in total. The van der Waals surface area contributed by atoms with Gasteiger partial charge in [-0.05, 0) is 68.2 Å². The summed E-state index contributed by atoms with van der Waals surface area (Å²) >= 11 is 0. The van der Waals surface area contributed by atoms with E-state index >= 15 is 0 Å². The Morgan fingerprint density at radius 1 is 0.722 bits per heavy atom. The van der Waals surface area contributed by atoms with Gasteiger partial charge in [0, 0.05) is 49.3 Å². The Labute approximate surface area is 464 Å². The van der Waals surface area contributed by atoms with E-state index in [4.69, 9.17) is 28.7 Å². The zero-order chi connectivity index (χ0) is 57.6. The van der Waals surface area contributed by atoms with Crippen molar-refractivity contribution in [3.63, 3.8) is 0 Å². The van der Waals surface area contributed by atoms with Gasteiger partial charge in [-0.25, -0.2) is 0 Å². The van der Waals surface area contributed by atoms with Crippen molar-refractivity contribution in [1.29, 1.82) is 0 Å². The van der Waals surface area contributed by atoms with E-state index in [0.29, 0.717) is 30.4 Å². The van der Waals surface area contributed by atoms with Crippen molar-refractivity contribution in [3.05, 3.63) is 65.7 Å². The molecule has 3 aliphatic rings. The number of rotatable bonds is 19. The standard InChI is InChI=1S/C51H72N14O12S2/c52-39(67)18-17-33-44(72)63-36(25-40(53)68)47(75)64-37(49(77)65-22-8-12-38(65)48(76)61-32(11-7-21-57-50(55)56)43(71)58-27-41(54)69)28-78-79-51(19-5-2-6-20-51)26-42(70)59-34(24-30-13-15-31(66)16-14-30)45(73)62-35(46(74)60-33)23-29-9-3-1-4-10-29/h1,3-4,9-10,13-16,32-38,66H,2,5-8,11-12,17-28H2,(H2,52,67)(H2,53,68)(H2,54,69)(H,58,71)(H,59,70)(H,60,74)(H,61,76)(H,62,73)(H,63,72)(H,64,75)(H4,55,56,57)/t32-,33-,34-,35+,36+,37+,38-/m0/s1. The van der Waals surface area contributed by atoms with Crippen molar-refractivity contribution < 1.29 is 57.8 Å². The Kier molecular flexibility index (Phi) is 24.0. The number of hydrogen-bond donors (Lipinski definition) is 13. The highest BCUT2D eigenvalue weighted by Gasteiger charge is 2.42. The minimum absolute atomic E-state index is 0.0146. The van der Waals surface area contributed by atoms with Crippen molar-refractivity contribution in [2.24, 2.45) is 33.7 Å². The molecular weight excluding hydrogens is 1060 g/mol. The molecule has 0 aromatic heterocycles. The number of nitrogens with zero attached hydrogens (tertiary/aromatic N) is 2. The number of phenolic OH excluding ortho intramolecular Hbond substituents is 1. The highest BCUT2D eigenvalue weighted by atomic mass is 33.1. The summed E-state index contributed by atoms with van der Waals surface area (Å²) in [6.07, 6.45) is 2.21. The number of carbonyl (C=O) groups is 11. The molecule has 28 heteroatoms. The highest BCUT2D eigenvalue weighted by molar-refractivity contribution is 8.77. The lowest BCUT2D eigenvalue weighted by molar-refractivity contribution is -0.142. The Bertz CT molecular complexity index is 2550. The topological polar surface area (TPSA) is 438 Å². The molecule has 0 unspecified atom stereocenters. The molecular formula is C51H72N14O12S2. The fourth-order valence-corrected chi connectivity index (χ4v) is 12.8. The molecule has 0 radical (unpaired) electrons. The molecule has 5 rings (SSSR count).